The minimum atomic E-state index is -1.33. The van der Waals surface area contributed by atoms with Crippen molar-refractivity contribution in [3.63, 3.8) is 0 Å². The Balaban J connectivity index is 3.26. The number of nitrogens with zero attached hydrogens (tertiary/aromatic N) is 2. The normalized spacial score (nSPS) is 10.5. The van der Waals surface area contributed by atoms with Gasteiger partial charge in [0.2, 0.25) is 0 Å². The quantitative estimate of drug-likeness (QED) is 0.751. The Morgan fingerprint density at radius 1 is 1.36 bits per heavy atom. The van der Waals surface area contributed by atoms with E-state index in [4.69, 9.17) is 10.2 Å². The lowest BCUT2D eigenvalue weighted by molar-refractivity contribution is 0.0648. The third kappa shape index (κ3) is 1.73. The van der Waals surface area contributed by atoms with Gasteiger partial charge in [-0.2, -0.15) is 5.10 Å². The van der Waals surface area contributed by atoms with Gasteiger partial charge in [0.05, 0.1) is 0 Å². The first-order valence-corrected chi connectivity index (χ1v) is 3.99. The van der Waals surface area contributed by atoms with Crippen LogP contribution in [0.4, 0.5) is 0 Å². The molecule has 6 heteroatoms. The molecule has 1 aromatic rings. The van der Waals surface area contributed by atoms with Crippen molar-refractivity contribution in [1.29, 1.82) is 0 Å². The summed E-state index contributed by atoms with van der Waals surface area (Å²) in [5.41, 5.74) is -0.711. The minimum absolute atomic E-state index is 0.0683. The molecule has 1 heterocycles. The second-order valence-corrected chi connectivity index (χ2v) is 3.08. The Morgan fingerprint density at radius 3 is 2.21 bits per heavy atom. The van der Waals surface area contributed by atoms with Gasteiger partial charge in [0, 0.05) is 12.2 Å². The van der Waals surface area contributed by atoms with Crippen molar-refractivity contribution >= 4 is 11.9 Å². The molecule has 1 rings (SSSR count). The predicted octanol–water partition coefficient (Wildman–Crippen LogP) is 0.860. The fraction of sp³-hybridized carbons (Fsp3) is 0.375. The number of aromatic nitrogens is 2. The zero-order valence-electron chi connectivity index (χ0n) is 7.76. The average molecular weight is 198 g/mol. The summed E-state index contributed by atoms with van der Waals surface area (Å²) in [5.74, 6) is -2.61. The van der Waals surface area contributed by atoms with Crippen LogP contribution in [0.3, 0.4) is 0 Å². The monoisotopic (exact) mass is 198 g/mol. The van der Waals surface area contributed by atoms with E-state index in [0.717, 1.165) is 0 Å². The van der Waals surface area contributed by atoms with Crippen molar-refractivity contribution in [2.75, 3.05) is 0 Å². The van der Waals surface area contributed by atoms with Gasteiger partial charge in [0.15, 0.2) is 5.69 Å². The SMILES string of the molecule is CC(C)n1cc(C(=O)O)c(C(=O)O)n1. The van der Waals surface area contributed by atoms with Gasteiger partial charge >= 0.3 is 11.9 Å². The van der Waals surface area contributed by atoms with Gasteiger partial charge in [-0.15, -0.1) is 0 Å². The summed E-state index contributed by atoms with van der Waals surface area (Å²) in [7, 11) is 0. The second kappa shape index (κ2) is 3.49. The van der Waals surface area contributed by atoms with Crippen molar-refractivity contribution in [3.8, 4) is 0 Å². The van der Waals surface area contributed by atoms with Crippen LogP contribution in [0.1, 0.15) is 40.7 Å². The molecule has 0 aromatic carbocycles. The van der Waals surface area contributed by atoms with Gasteiger partial charge in [-0.05, 0) is 13.8 Å². The van der Waals surface area contributed by atoms with Crippen LogP contribution in [0.25, 0.3) is 0 Å². The molecule has 0 saturated carbocycles. The highest BCUT2D eigenvalue weighted by atomic mass is 16.4. The molecule has 14 heavy (non-hydrogen) atoms. The zero-order chi connectivity index (χ0) is 10.9. The fourth-order valence-corrected chi connectivity index (χ4v) is 0.971. The molecular formula is C8H10N2O4. The number of rotatable bonds is 3. The van der Waals surface area contributed by atoms with Crippen molar-refractivity contribution in [3.05, 3.63) is 17.5 Å². The van der Waals surface area contributed by atoms with Crippen LogP contribution in [0.15, 0.2) is 6.20 Å². The van der Waals surface area contributed by atoms with Gasteiger partial charge in [-0.25, -0.2) is 9.59 Å². The van der Waals surface area contributed by atoms with Gasteiger partial charge in [0.25, 0.3) is 0 Å². The molecular weight excluding hydrogens is 188 g/mol. The summed E-state index contributed by atoms with van der Waals surface area (Å²) in [6, 6.07) is -0.0683. The fourth-order valence-electron chi connectivity index (χ4n) is 0.971. The molecule has 0 spiro atoms. The Hall–Kier alpha value is -1.85. The van der Waals surface area contributed by atoms with Crippen molar-refractivity contribution in [2.45, 2.75) is 19.9 Å². The van der Waals surface area contributed by atoms with Crippen LogP contribution < -0.4 is 0 Å². The van der Waals surface area contributed by atoms with E-state index in [1.54, 1.807) is 13.8 Å². The maximum Gasteiger partial charge on any atom is 0.357 e. The molecule has 0 radical (unpaired) electrons. The molecule has 0 saturated heterocycles. The molecule has 2 N–H and O–H groups in total. The summed E-state index contributed by atoms with van der Waals surface area (Å²) in [4.78, 5) is 21.3. The maximum absolute atomic E-state index is 10.6. The lowest BCUT2D eigenvalue weighted by Gasteiger charge is -2.02. The standard InChI is InChI=1S/C8H10N2O4/c1-4(2)10-3-5(7(11)12)6(9-10)8(13)14/h3-4H,1-2H3,(H,11,12)(H,13,14). The molecule has 1 aromatic heterocycles. The van der Waals surface area contributed by atoms with E-state index in [0.29, 0.717) is 0 Å². The van der Waals surface area contributed by atoms with Crippen LogP contribution in [0.5, 0.6) is 0 Å². The van der Waals surface area contributed by atoms with E-state index in [2.05, 4.69) is 5.10 Å². The van der Waals surface area contributed by atoms with Gasteiger partial charge < -0.3 is 10.2 Å². The summed E-state index contributed by atoms with van der Waals surface area (Å²) >= 11 is 0. The highest BCUT2D eigenvalue weighted by Gasteiger charge is 2.21. The van der Waals surface area contributed by atoms with Gasteiger partial charge in [0.1, 0.15) is 5.56 Å². The first kappa shape index (κ1) is 10.2. The Morgan fingerprint density at radius 2 is 1.93 bits per heavy atom. The number of carboxylic acid groups (broad SMARTS) is 2. The molecule has 0 aliphatic heterocycles. The topological polar surface area (TPSA) is 92.4 Å². The van der Waals surface area contributed by atoms with E-state index in [1.807, 2.05) is 0 Å². The van der Waals surface area contributed by atoms with E-state index in [9.17, 15) is 9.59 Å². The lowest BCUT2D eigenvalue weighted by Crippen LogP contribution is -2.06. The molecule has 0 aliphatic rings. The number of carboxylic acids is 2. The van der Waals surface area contributed by atoms with Crippen LogP contribution in [0.2, 0.25) is 0 Å². The maximum atomic E-state index is 10.6. The van der Waals surface area contributed by atoms with Crippen molar-refractivity contribution in [1.82, 2.24) is 9.78 Å². The Bertz CT molecular complexity index is 349. The molecule has 0 amide bonds. The number of carbonyl (C=O) groups is 2. The van der Waals surface area contributed by atoms with E-state index >= 15 is 0 Å². The molecule has 6 nitrogen and oxygen atoms in total. The average Bonchev–Trinajstić information content (AvgIpc) is 2.47. The summed E-state index contributed by atoms with van der Waals surface area (Å²) in [6.45, 7) is 3.56. The smallest absolute Gasteiger partial charge is 0.357 e. The molecule has 0 fully saturated rings. The van der Waals surface area contributed by atoms with Crippen LogP contribution in [0, 0.1) is 0 Å². The molecule has 0 unspecified atom stereocenters. The van der Waals surface area contributed by atoms with E-state index in [1.165, 1.54) is 10.9 Å². The van der Waals surface area contributed by atoms with Crippen LogP contribution in [-0.4, -0.2) is 31.9 Å². The molecule has 0 atom stereocenters. The summed E-state index contributed by atoms with van der Waals surface area (Å²) < 4.78 is 1.31. The third-order valence-corrected chi connectivity index (χ3v) is 1.69. The summed E-state index contributed by atoms with van der Waals surface area (Å²) in [6.07, 6.45) is 1.22. The van der Waals surface area contributed by atoms with Gasteiger partial charge in [-0.1, -0.05) is 0 Å². The molecule has 0 aliphatic carbocycles. The third-order valence-electron chi connectivity index (χ3n) is 1.69. The zero-order valence-corrected chi connectivity index (χ0v) is 7.76. The highest BCUT2D eigenvalue weighted by molar-refractivity contribution is 6.00. The molecule has 76 valence electrons. The van der Waals surface area contributed by atoms with Crippen molar-refractivity contribution < 1.29 is 19.8 Å². The highest BCUT2D eigenvalue weighted by Crippen LogP contribution is 2.11. The van der Waals surface area contributed by atoms with Crippen molar-refractivity contribution in [2.24, 2.45) is 0 Å². The second-order valence-electron chi connectivity index (χ2n) is 3.08. The van der Waals surface area contributed by atoms with E-state index < -0.39 is 17.6 Å². The van der Waals surface area contributed by atoms with Crippen LogP contribution in [-0.2, 0) is 0 Å². The number of hydrogen-bond acceptors (Lipinski definition) is 3. The number of hydrogen-bond donors (Lipinski definition) is 2. The predicted molar refractivity (Wildman–Crippen MR) is 46.5 cm³/mol. The first-order valence-electron chi connectivity index (χ1n) is 3.99. The minimum Gasteiger partial charge on any atom is -0.478 e. The van der Waals surface area contributed by atoms with Crippen LogP contribution >= 0.6 is 0 Å². The lowest BCUT2D eigenvalue weighted by atomic mass is 10.2. The van der Waals surface area contributed by atoms with Gasteiger partial charge in [-0.3, -0.25) is 4.68 Å². The largest absolute Gasteiger partial charge is 0.478 e. The Labute approximate surface area is 79.8 Å². The van der Waals surface area contributed by atoms with E-state index in [-0.39, 0.29) is 11.6 Å². The molecule has 0 bridgehead atoms. The first-order chi connectivity index (χ1) is 6.43. The summed E-state index contributed by atoms with van der Waals surface area (Å²) in [5, 5.41) is 21.0. The number of aromatic carboxylic acids is 2. The Kier molecular flexibility index (Phi) is 2.55.